The van der Waals surface area contributed by atoms with Gasteiger partial charge in [-0.15, -0.1) is 0 Å². The third kappa shape index (κ3) is 5.48. The van der Waals surface area contributed by atoms with Crippen LogP contribution in [0.5, 0.6) is 0 Å². The van der Waals surface area contributed by atoms with E-state index in [1.54, 1.807) is 0 Å². The van der Waals surface area contributed by atoms with Crippen molar-refractivity contribution in [2.24, 2.45) is 0 Å². The quantitative estimate of drug-likeness (QED) is 0.687. The third-order valence-electron chi connectivity index (χ3n) is 2.56. The Kier molecular flexibility index (Phi) is 7.51. The fraction of sp³-hybridized carbons (Fsp3) is 0.571. The van der Waals surface area contributed by atoms with Gasteiger partial charge in [-0.1, -0.05) is 34.1 Å². The van der Waals surface area contributed by atoms with E-state index in [1.807, 2.05) is 19.9 Å². The van der Waals surface area contributed by atoms with Gasteiger partial charge in [0.1, 0.15) is 0 Å². The van der Waals surface area contributed by atoms with Crippen molar-refractivity contribution in [2.75, 3.05) is 26.8 Å². The highest BCUT2D eigenvalue weighted by molar-refractivity contribution is 9.10. The second-order valence-corrected chi connectivity index (χ2v) is 4.98. The monoisotopic (exact) mass is 315 g/mol. The summed E-state index contributed by atoms with van der Waals surface area (Å²) in [6.07, 6.45) is -0.146. The van der Waals surface area contributed by atoms with Crippen LogP contribution in [-0.4, -0.2) is 38.0 Å². The molecule has 0 spiro atoms. The first-order valence-corrected chi connectivity index (χ1v) is 7.11. The Morgan fingerprint density at radius 1 is 1.17 bits per heavy atom. The van der Waals surface area contributed by atoms with E-state index in [0.717, 1.165) is 17.6 Å². The molecule has 0 N–H and O–H groups in total. The zero-order valence-corrected chi connectivity index (χ0v) is 12.9. The fourth-order valence-corrected chi connectivity index (χ4v) is 2.17. The van der Waals surface area contributed by atoms with Gasteiger partial charge in [-0.3, -0.25) is 4.90 Å². The van der Waals surface area contributed by atoms with Gasteiger partial charge in [0, 0.05) is 30.8 Å². The zero-order valence-electron chi connectivity index (χ0n) is 11.4. The first-order chi connectivity index (χ1) is 8.67. The van der Waals surface area contributed by atoms with E-state index < -0.39 is 0 Å². The molecular weight excluding hydrogens is 294 g/mol. The lowest BCUT2D eigenvalue weighted by atomic mass is 10.2. The maximum Gasteiger partial charge on any atom is 0.170 e. The van der Waals surface area contributed by atoms with Gasteiger partial charge in [0.15, 0.2) is 6.29 Å². The topological polar surface area (TPSA) is 21.7 Å². The van der Waals surface area contributed by atoms with Crippen LogP contribution >= 0.6 is 15.9 Å². The van der Waals surface area contributed by atoms with Crippen LogP contribution in [0, 0.1) is 0 Å². The molecule has 4 heteroatoms. The summed E-state index contributed by atoms with van der Waals surface area (Å²) in [5.74, 6) is 0. The van der Waals surface area contributed by atoms with Crippen molar-refractivity contribution in [1.29, 1.82) is 0 Å². The molecule has 0 aliphatic rings. The molecule has 0 unspecified atom stereocenters. The summed E-state index contributed by atoms with van der Waals surface area (Å²) in [6, 6.07) is 8.26. The Hall–Kier alpha value is -0.420. The largest absolute Gasteiger partial charge is 0.352 e. The van der Waals surface area contributed by atoms with Crippen LogP contribution in [-0.2, 0) is 16.0 Å². The molecule has 0 heterocycles. The van der Waals surface area contributed by atoms with E-state index in [1.165, 1.54) is 5.56 Å². The number of rotatable bonds is 8. The second-order valence-electron chi connectivity index (χ2n) is 4.13. The van der Waals surface area contributed by atoms with Crippen molar-refractivity contribution in [3.05, 3.63) is 34.3 Å². The average molecular weight is 316 g/mol. The molecular formula is C14H22BrNO2. The molecule has 0 aliphatic carbocycles. The molecule has 1 rings (SSSR count). The van der Waals surface area contributed by atoms with Crippen LogP contribution in [0.15, 0.2) is 28.7 Å². The predicted molar refractivity (Wildman–Crippen MR) is 77.5 cm³/mol. The standard InChI is InChI=1S/C14H22BrNO2/c1-4-17-14(18-5-2)11-16(3)10-12-8-6-7-9-13(12)15/h6-9,14H,4-5,10-11H2,1-3H3. The number of likely N-dealkylation sites (N-methyl/N-ethyl adjacent to an activating group) is 1. The van der Waals surface area contributed by atoms with Crippen LogP contribution in [0.25, 0.3) is 0 Å². The summed E-state index contributed by atoms with van der Waals surface area (Å²) >= 11 is 3.56. The van der Waals surface area contributed by atoms with E-state index in [4.69, 9.17) is 9.47 Å². The maximum absolute atomic E-state index is 5.55. The van der Waals surface area contributed by atoms with Gasteiger partial charge in [-0.05, 0) is 32.5 Å². The van der Waals surface area contributed by atoms with Crippen LogP contribution in [0.3, 0.4) is 0 Å². The van der Waals surface area contributed by atoms with Gasteiger partial charge < -0.3 is 9.47 Å². The molecule has 3 nitrogen and oxygen atoms in total. The average Bonchev–Trinajstić information content (AvgIpc) is 2.33. The van der Waals surface area contributed by atoms with Gasteiger partial charge in [-0.2, -0.15) is 0 Å². The normalized spacial score (nSPS) is 11.4. The second kappa shape index (κ2) is 8.64. The number of hydrogen-bond acceptors (Lipinski definition) is 3. The van der Waals surface area contributed by atoms with Crippen molar-refractivity contribution < 1.29 is 9.47 Å². The van der Waals surface area contributed by atoms with Gasteiger partial charge in [0.05, 0.1) is 0 Å². The molecule has 102 valence electrons. The lowest BCUT2D eigenvalue weighted by molar-refractivity contribution is -0.145. The van der Waals surface area contributed by atoms with Crippen molar-refractivity contribution in [3.8, 4) is 0 Å². The molecule has 0 aliphatic heterocycles. The van der Waals surface area contributed by atoms with Crippen molar-refractivity contribution in [2.45, 2.75) is 26.7 Å². The van der Waals surface area contributed by atoms with E-state index >= 15 is 0 Å². The van der Waals surface area contributed by atoms with Gasteiger partial charge in [-0.25, -0.2) is 0 Å². The zero-order chi connectivity index (χ0) is 13.4. The molecule has 18 heavy (non-hydrogen) atoms. The summed E-state index contributed by atoms with van der Waals surface area (Å²) in [6.45, 7) is 6.96. The van der Waals surface area contributed by atoms with Gasteiger partial charge >= 0.3 is 0 Å². The molecule has 0 atom stereocenters. The molecule has 0 fully saturated rings. The number of hydrogen-bond donors (Lipinski definition) is 0. The van der Waals surface area contributed by atoms with Crippen molar-refractivity contribution >= 4 is 15.9 Å². The number of ether oxygens (including phenoxy) is 2. The number of halogens is 1. The third-order valence-corrected chi connectivity index (χ3v) is 3.34. The highest BCUT2D eigenvalue weighted by Gasteiger charge is 2.12. The molecule has 0 aromatic heterocycles. The SMILES string of the molecule is CCOC(CN(C)Cc1ccccc1Br)OCC. The first kappa shape index (κ1) is 15.6. The molecule has 0 amide bonds. The predicted octanol–water partition coefficient (Wildman–Crippen LogP) is 3.28. The van der Waals surface area contributed by atoms with Crippen LogP contribution in [0.1, 0.15) is 19.4 Å². The Bertz CT molecular complexity index is 340. The lowest BCUT2D eigenvalue weighted by Crippen LogP contribution is -2.33. The smallest absolute Gasteiger partial charge is 0.170 e. The summed E-state index contributed by atoms with van der Waals surface area (Å²) < 4.78 is 12.2. The van der Waals surface area contributed by atoms with Gasteiger partial charge in [0.2, 0.25) is 0 Å². The highest BCUT2D eigenvalue weighted by atomic mass is 79.9. The first-order valence-electron chi connectivity index (χ1n) is 6.32. The molecule has 1 aromatic rings. The maximum atomic E-state index is 5.55. The Labute approximate surface area is 118 Å². The summed E-state index contributed by atoms with van der Waals surface area (Å²) in [5, 5.41) is 0. The highest BCUT2D eigenvalue weighted by Crippen LogP contribution is 2.17. The minimum Gasteiger partial charge on any atom is -0.352 e. The van der Waals surface area contributed by atoms with Crippen LogP contribution < -0.4 is 0 Å². The van der Waals surface area contributed by atoms with Crippen LogP contribution in [0.2, 0.25) is 0 Å². The molecule has 0 radical (unpaired) electrons. The Morgan fingerprint density at radius 2 is 1.78 bits per heavy atom. The lowest BCUT2D eigenvalue weighted by Gasteiger charge is -2.24. The van der Waals surface area contributed by atoms with Crippen molar-refractivity contribution in [1.82, 2.24) is 4.90 Å². The van der Waals surface area contributed by atoms with Gasteiger partial charge in [0.25, 0.3) is 0 Å². The Balaban J connectivity index is 2.49. The molecule has 0 saturated carbocycles. The summed E-state index contributed by atoms with van der Waals surface area (Å²) in [7, 11) is 2.07. The number of nitrogens with zero attached hydrogens (tertiary/aromatic N) is 1. The summed E-state index contributed by atoms with van der Waals surface area (Å²) in [4.78, 5) is 2.20. The van der Waals surface area contributed by atoms with E-state index in [2.05, 4.69) is 46.1 Å². The Morgan fingerprint density at radius 3 is 2.33 bits per heavy atom. The molecule has 0 saturated heterocycles. The van der Waals surface area contributed by atoms with E-state index in [0.29, 0.717) is 13.2 Å². The molecule has 1 aromatic carbocycles. The van der Waals surface area contributed by atoms with E-state index in [9.17, 15) is 0 Å². The minimum atomic E-state index is -0.146. The number of benzene rings is 1. The van der Waals surface area contributed by atoms with Crippen molar-refractivity contribution in [3.63, 3.8) is 0 Å². The fourth-order valence-electron chi connectivity index (χ4n) is 1.76. The minimum absolute atomic E-state index is 0.146. The van der Waals surface area contributed by atoms with E-state index in [-0.39, 0.29) is 6.29 Å². The van der Waals surface area contributed by atoms with Crippen LogP contribution in [0.4, 0.5) is 0 Å². The molecule has 0 bridgehead atoms. The summed E-state index contributed by atoms with van der Waals surface area (Å²) in [5.41, 5.74) is 1.27.